The van der Waals surface area contributed by atoms with Crippen molar-refractivity contribution >= 4 is 22.6 Å². The molecular formula is C19H18N2O3. The number of rotatable bonds is 2. The second-order valence-corrected chi connectivity index (χ2v) is 6.19. The molecule has 0 saturated heterocycles. The first-order chi connectivity index (χ1) is 11.5. The van der Waals surface area contributed by atoms with E-state index in [1.165, 1.54) is 0 Å². The molecule has 0 aliphatic carbocycles. The van der Waals surface area contributed by atoms with E-state index in [9.17, 15) is 4.79 Å². The molecule has 1 aliphatic heterocycles. The monoisotopic (exact) mass is 322 g/mol. The minimum Gasteiger partial charge on any atom is -0.465 e. The number of hydrogen-bond donors (Lipinski definition) is 1. The fourth-order valence-electron chi connectivity index (χ4n) is 2.99. The van der Waals surface area contributed by atoms with E-state index in [1.54, 1.807) is 18.4 Å². The van der Waals surface area contributed by atoms with Crippen molar-refractivity contribution in [1.82, 2.24) is 5.32 Å². The summed E-state index contributed by atoms with van der Waals surface area (Å²) >= 11 is 0. The van der Waals surface area contributed by atoms with Gasteiger partial charge in [-0.05, 0) is 36.8 Å². The van der Waals surface area contributed by atoms with E-state index < -0.39 is 6.23 Å². The SMILES string of the molecule is Cc1coc2ccc3c(c12)OC(c1ccc(N(C)C)cc1)NC3=O. The summed E-state index contributed by atoms with van der Waals surface area (Å²) in [6.45, 7) is 1.95. The zero-order valence-corrected chi connectivity index (χ0v) is 13.8. The molecule has 122 valence electrons. The van der Waals surface area contributed by atoms with Gasteiger partial charge in [-0.15, -0.1) is 0 Å². The molecule has 4 rings (SSSR count). The maximum absolute atomic E-state index is 12.5. The van der Waals surface area contributed by atoms with Crippen LogP contribution in [0, 0.1) is 6.92 Å². The number of fused-ring (bicyclic) bond motifs is 3. The lowest BCUT2D eigenvalue weighted by molar-refractivity contribution is 0.0761. The van der Waals surface area contributed by atoms with Crippen LogP contribution < -0.4 is 15.0 Å². The third-order valence-electron chi connectivity index (χ3n) is 4.33. The van der Waals surface area contributed by atoms with Crippen molar-refractivity contribution in [2.45, 2.75) is 13.2 Å². The predicted molar refractivity (Wildman–Crippen MR) is 92.6 cm³/mol. The number of carbonyl (C=O) groups excluding carboxylic acids is 1. The van der Waals surface area contributed by atoms with E-state index in [-0.39, 0.29) is 5.91 Å². The molecule has 1 unspecified atom stereocenters. The summed E-state index contributed by atoms with van der Waals surface area (Å²) in [5.41, 5.74) is 4.21. The Balaban J connectivity index is 1.76. The highest BCUT2D eigenvalue weighted by Crippen LogP contribution is 2.38. The molecule has 24 heavy (non-hydrogen) atoms. The number of amides is 1. The Bertz CT molecular complexity index is 926. The van der Waals surface area contributed by atoms with E-state index in [0.717, 1.165) is 27.8 Å². The molecule has 2 aromatic carbocycles. The summed E-state index contributed by atoms with van der Waals surface area (Å²) in [5, 5.41) is 3.77. The summed E-state index contributed by atoms with van der Waals surface area (Å²) in [7, 11) is 3.98. The number of hydrogen-bond acceptors (Lipinski definition) is 4. The third-order valence-corrected chi connectivity index (χ3v) is 4.33. The van der Waals surface area contributed by atoms with Crippen LogP contribution in [0.15, 0.2) is 47.1 Å². The van der Waals surface area contributed by atoms with E-state index >= 15 is 0 Å². The number of aryl methyl sites for hydroxylation is 1. The zero-order chi connectivity index (χ0) is 16.8. The summed E-state index contributed by atoms with van der Waals surface area (Å²) in [6, 6.07) is 11.5. The fourth-order valence-corrected chi connectivity index (χ4v) is 2.99. The fraction of sp³-hybridized carbons (Fsp3) is 0.211. The number of nitrogens with one attached hydrogen (secondary N) is 1. The first-order valence-electron chi connectivity index (χ1n) is 7.80. The van der Waals surface area contributed by atoms with Gasteiger partial charge in [0, 0.05) is 25.3 Å². The van der Waals surface area contributed by atoms with Crippen LogP contribution in [0.3, 0.4) is 0 Å². The molecule has 0 bridgehead atoms. The van der Waals surface area contributed by atoms with Crippen molar-refractivity contribution in [3.63, 3.8) is 0 Å². The largest absolute Gasteiger partial charge is 0.465 e. The molecule has 1 N–H and O–H groups in total. The van der Waals surface area contributed by atoms with E-state index in [1.807, 2.05) is 50.2 Å². The molecule has 1 atom stereocenters. The predicted octanol–water partition coefficient (Wildman–Crippen LogP) is 3.63. The Kier molecular flexibility index (Phi) is 3.23. The minimum absolute atomic E-state index is 0.138. The van der Waals surface area contributed by atoms with Gasteiger partial charge in [0.05, 0.1) is 17.2 Å². The van der Waals surface area contributed by atoms with Gasteiger partial charge in [-0.3, -0.25) is 4.79 Å². The summed E-state index contributed by atoms with van der Waals surface area (Å²) in [6.07, 6.45) is 1.17. The van der Waals surface area contributed by atoms with Crippen LogP contribution in [-0.4, -0.2) is 20.0 Å². The molecule has 0 saturated carbocycles. The average molecular weight is 322 g/mol. The smallest absolute Gasteiger partial charge is 0.258 e. The lowest BCUT2D eigenvalue weighted by Crippen LogP contribution is -2.36. The van der Waals surface area contributed by atoms with Gasteiger partial charge in [-0.2, -0.15) is 0 Å². The summed E-state index contributed by atoms with van der Waals surface area (Å²) < 4.78 is 11.7. The number of furan rings is 1. The van der Waals surface area contributed by atoms with Crippen LogP contribution in [0.4, 0.5) is 5.69 Å². The molecule has 1 aliphatic rings. The van der Waals surface area contributed by atoms with E-state index in [4.69, 9.17) is 9.15 Å². The summed E-state index contributed by atoms with van der Waals surface area (Å²) in [4.78, 5) is 14.5. The van der Waals surface area contributed by atoms with Gasteiger partial charge in [-0.25, -0.2) is 0 Å². The van der Waals surface area contributed by atoms with Crippen LogP contribution in [0.5, 0.6) is 5.75 Å². The van der Waals surface area contributed by atoms with E-state index in [0.29, 0.717) is 11.3 Å². The molecule has 5 nitrogen and oxygen atoms in total. The summed E-state index contributed by atoms with van der Waals surface area (Å²) in [5.74, 6) is 0.449. The van der Waals surface area contributed by atoms with Crippen molar-refractivity contribution in [2.75, 3.05) is 19.0 Å². The standard InChI is InChI=1S/C19H18N2O3/c1-11-10-23-15-9-8-14-17(16(11)15)24-19(20-18(14)22)12-4-6-13(7-5-12)21(2)3/h4-10,19H,1-3H3,(H,20,22). The Morgan fingerprint density at radius 3 is 2.54 bits per heavy atom. The van der Waals surface area contributed by atoms with Gasteiger partial charge in [0.2, 0.25) is 0 Å². The van der Waals surface area contributed by atoms with Crippen LogP contribution in [0.2, 0.25) is 0 Å². The maximum Gasteiger partial charge on any atom is 0.258 e. The maximum atomic E-state index is 12.5. The van der Waals surface area contributed by atoms with Crippen LogP contribution in [-0.2, 0) is 0 Å². The lowest BCUT2D eigenvalue weighted by atomic mass is 10.0. The number of nitrogens with zero attached hydrogens (tertiary/aromatic N) is 1. The van der Waals surface area contributed by atoms with Gasteiger partial charge in [-0.1, -0.05) is 12.1 Å². The van der Waals surface area contributed by atoms with Crippen molar-refractivity contribution < 1.29 is 13.9 Å². The molecule has 3 aromatic rings. The molecule has 1 aromatic heterocycles. The second kappa shape index (κ2) is 5.30. The van der Waals surface area contributed by atoms with Crippen LogP contribution in [0.1, 0.15) is 27.7 Å². The van der Waals surface area contributed by atoms with Gasteiger partial charge in [0.15, 0.2) is 6.23 Å². The van der Waals surface area contributed by atoms with Crippen LogP contribution >= 0.6 is 0 Å². The number of carbonyl (C=O) groups is 1. The van der Waals surface area contributed by atoms with Gasteiger partial charge in [0.25, 0.3) is 5.91 Å². The molecule has 1 amide bonds. The first kappa shape index (κ1) is 14.6. The highest BCUT2D eigenvalue weighted by atomic mass is 16.5. The average Bonchev–Trinajstić information content (AvgIpc) is 2.96. The highest BCUT2D eigenvalue weighted by Gasteiger charge is 2.29. The number of anilines is 1. The lowest BCUT2D eigenvalue weighted by Gasteiger charge is -2.28. The Hall–Kier alpha value is -2.95. The Morgan fingerprint density at radius 1 is 1.08 bits per heavy atom. The number of benzene rings is 2. The van der Waals surface area contributed by atoms with Crippen molar-refractivity contribution in [3.8, 4) is 5.75 Å². The van der Waals surface area contributed by atoms with Crippen LogP contribution in [0.25, 0.3) is 11.0 Å². The quantitative estimate of drug-likeness (QED) is 0.783. The number of ether oxygens (including phenoxy) is 1. The van der Waals surface area contributed by atoms with Crippen molar-refractivity contribution in [3.05, 3.63) is 59.4 Å². The van der Waals surface area contributed by atoms with Gasteiger partial charge < -0.3 is 19.4 Å². The first-order valence-corrected chi connectivity index (χ1v) is 7.80. The molecule has 2 heterocycles. The molecular weight excluding hydrogens is 304 g/mol. The molecule has 0 fully saturated rings. The Morgan fingerprint density at radius 2 is 1.83 bits per heavy atom. The van der Waals surface area contributed by atoms with Gasteiger partial charge >= 0.3 is 0 Å². The third kappa shape index (κ3) is 2.21. The van der Waals surface area contributed by atoms with E-state index in [2.05, 4.69) is 5.32 Å². The van der Waals surface area contributed by atoms with Gasteiger partial charge in [0.1, 0.15) is 11.3 Å². The molecule has 0 spiro atoms. The van der Waals surface area contributed by atoms with Crippen molar-refractivity contribution in [1.29, 1.82) is 0 Å². The normalized spacial score (nSPS) is 16.5. The van der Waals surface area contributed by atoms with Crippen molar-refractivity contribution in [2.24, 2.45) is 0 Å². The molecule has 5 heteroatoms. The Labute approximate surface area is 139 Å². The topological polar surface area (TPSA) is 54.7 Å². The highest BCUT2D eigenvalue weighted by molar-refractivity contribution is 6.04. The zero-order valence-electron chi connectivity index (χ0n) is 13.8. The minimum atomic E-state index is -0.513. The molecule has 0 radical (unpaired) electrons. The second-order valence-electron chi connectivity index (χ2n) is 6.19.